The average molecular weight is 420 g/mol. The number of ether oxygens (including phenoxy) is 3. The number of carbonyl (C=O) groups excluding carboxylic acids is 1. The van der Waals surface area contributed by atoms with E-state index in [1.54, 1.807) is 30.3 Å². The van der Waals surface area contributed by atoms with Gasteiger partial charge in [-0.25, -0.2) is 4.79 Å². The molecule has 0 saturated heterocycles. The Morgan fingerprint density at radius 2 is 1.48 bits per heavy atom. The Balaban J connectivity index is 0.000000975. The molecule has 1 aromatic heterocycles. The predicted octanol–water partition coefficient (Wildman–Crippen LogP) is 0.657. The van der Waals surface area contributed by atoms with Crippen molar-refractivity contribution in [1.82, 2.24) is 9.97 Å². The van der Waals surface area contributed by atoms with E-state index in [0.717, 1.165) is 0 Å². The molecule has 8 nitrogen and oxygen atoms in total. The molecule has 0 aliphatic rings. The van der Waals surface area contributed by atoms with E-state index in [2.05, 4.69) is 43.0 Å². The summed E-state index contributed by atoms with van der Waals surface area (Å²) in [6.07, 6.45) is 0. The fourth-order valence-electron chi connectivity index (χ4n) is 2.72. The van der Waals surface area contributed by atoms with Gasteiger partial charge in [-0.3, -0.25) is 0 Å². The molecule has 1 aromatic carbocycles. The van der Waals surface area contributed by atoms with Gasteiger partial charge in [-0.2, -0.15) is 15.2 Å². The Morgan fingerprint density at radius 1 is 1.00 bits per heavy atom. The van der Waals surface area contributed by atoms with Crippen LogP contribution in [0.5, 0.6) is 11.8 Å². The Hall–Kier alpha value is -2.58. The standard InChI is InChI=1S/C16H15N3O4.C6H14N.Li/c1-21-12-9-13(22-2)19-14(18-12)16(10-17,15(20)23-3)11-7-5-4-6-8-11;1-5(2)7-6(3)4;/h4-9H,1-3H3;5-6H,1-4H3;/q;-1;+1. The zero-order valence-electron chi connectivity index (χ0n) is 19.5. The number of hydrogen-bond acceptors (Lipinski definition) is 7. The topological polar surface area (TPSA) is 108 Å². The van der Waals surface area contributed by atoms with E-state index in [4.69, 9.17) is 14.2 Å². The van der Waals surface area contributed by atoms with Crippen LogP contribution in [-0.2, 0) is 14.9 Å². The van der Waals surface area contributed by atoms with Gasteiger partial charge in [-0.1, -0.05) is 58.0 Å². The van der Waals surface area contributed by atoms with Crippen molar-refractivity contribution in [2.75, 3.05) is 21.3 Å². The van der Waals surface area contributed by atoms with Crippen molar-refractivity contribution >= 4 is 5.97 Å². The molecule has 0 spiro atoms. The summed E-state index contributed by atoms with van der Waals surface area (Å²) in [4.78, 5) is 20.8. The van der Waals surface area contributed by atoms with Gasteiger partial charge in [0.05, 0.1) is 33.5 Å². The summed E-state index contributed by atoms with van der Waals surface area (Å²) >= 11 is 0. The molecule has 0 bridgehead atoms. The fraction of sp³-hybridized carbons (Fsp3) is 0.455. The summed E-state index contributed by atoms with van der Waals surface area (Å²) in [7, 11) is 4.04. The molecule has 1 heterocycles. The maximum atomic E-state index is 12.5. The Kier molecular flexibility index (Phi) is 12.5. The third kappa shape index (κ3) is 7.56. The van der Waals surface area contributed by atoms with Crippen LogP contribution < -0.4 is 28.3 Å². The predicted molar refractivity (Wildman–Crippen MR) is 114 cm³/mol. The molecule has 0 aliphatic heterocycles. The monoisotopic (exact) mass is 420 g/mol. The molecule has 2 aromatic rings. The van der Waals surface area contributed by atoms with Crippen LogP contribution in [0, 0.1) is 11.3 Å². The minimum Gasteiger partial charge on any atom is -0.658 e. The molecule has 0 fully saturated rings. The first-order chi connectivity index (χ1) is 14.2. The molecule has 0 amide bonds. The summed E-state index contributed by atoms with van der Waals surface area (Å²) in [6.45, 7) is 8.39. The van der Waals surface area contributed by atoms with Crippen LogP contribution in [0.1, 0.15) is 39.1 Å². The van der Waals surface area contributed by atoms with Gasteiger partial charge in [0.2, 0.25) is 17.2 Å². The van der Waals surface area contributed by atoms with E-state index in [0.29, 0.717) is 17.6 Å². The first-order valence-electron chi connectivity index (χ1n) is 9.47. The number of nitriles is 1. The van der Waals surface area contributed by atoms with Gasteiger partial charge in [0, 0.05) is 0 Å². The van der Waals surface area contributed by atoms with Crippen LogP contribution >= 0.6 is 0 Å². The van der Waals surface area contributed by atoms with Crippen molar-refractivity contribution in [2.24, 2.45) is 0 Å². The average Bonchev–Trinajstić information content (AvgIpc) is 2.74. The van der Waals surface area contributed by atoms with Gasteiger partial charge in [0.1, 0.15) is 0 Å². The Bertz CT molecular complexity index is 828. The van der Waals surface area contributed by atoms with Gasteiger partial charge >= 0.3 is 24.8 Å². The van der Waals surface area contributed by atoms with Crippen LogP contribution in [0.3, 0.4) is 0 Å². The Labute approximate surface area is 196 Å². The summed E-state index contributed by atoms with van der Waals surface area (Å²) < 4.78 is 15.0. The molecule has 31 heavy (non-hydrogen) atoms. The van der Waals surface area contributed by atoms with Crippen molar-refractivity contribution < 1.29 is 37.9 Å². The number of methoxy groups -OCH3 is 3. The fourth-order valence-corrected chi connectivity index (χ4v) is 2.72. The Morgan fingerprint density at radius 3 is 1.81 bits per heavy atom. The van der Waals surface area contributed by atoms with Gasteiger partial charge in [0.25, 0.3) is 0 Å². The SMILES string of the molecule is CC(C)[N-]C(C)C.COC(=O)C(C#N)(c1ccccc1)c1nc(OC)cc(OC)n1.[Li+]. The number of nitrogens with zero attached hydrogens (tertiary/aromatic N) is 4. The van der Waals surface area contributed by atoms with Crippen LogP contribution in [0.4, 0.5) is 0 Å². The molecule has 1 atom stereocenters. The van der Waals surface area contributed by atoms with Crippen molar-refractivity contribution in [2.45, 2.75) is 45.2 Å². The first-order valence-corrected chi connectivity index (χ1v) is 9.47. The second-order valence-electron chi connectivity index (χ2n) is 6.83. The van der Waals surface area contributed by atoms with E-state index in [1.807, 2.05) is 6.07 Å². The van der Waals surface area contributed by atoms with Gasteiger partial charge < -0.3 is 19.5 Å². The normalized spacial score (nSPS) is 11.9. The molecule has 2 rings (SSSR count). The molecule has 1 unspecified atom stereocenters. The molecule has 162 valence electrons. The number of carbonyl (C=O) groups is 1. The molecular weight excluding hydrogens is 391 g/mol. The van der Waals surface area contributed by atoms with E-state index >= 15 is 0 Å². The smallest absolute Gasteiger partial charge is 0.658 e. The second kappa shape index (κ2) is 13.7. The van der Waals surface area contributed by atoms with Crippen LogP contribution in [0.2, 0.25) is 0 Å². The molecular formula is C22H29LiN4O4. The molecule has 0 radical (unpaired) electrons. The maximum Gasteiger partial charge on any atom is 1.00 e. The van der Waals surface area contributed by atoms with E-state index in [1.165, 1.54) is 27.4 Å². The van der Waals surface area contributed by atoms with Crippen LogP contribution in [0.15, 0.2) is 36.4 Å². The largest absolute Gasteiger partial charge is 1.00 e. The second-order valence-corrected chi connectivity index (χ2v) is 6.83. The van der Waals surface area contributed by atoms with Crippen molar-refractivity contribution in [3.63, 3.8) is 0 Å². The number of rotatable bonds is 7. The third-order valence-electron chi connectivity index (χ3n) is 3.90. The number of esters is 1. The number of hydrogen-bond donors (Lipinski definition) is 0. The van der Waals surface area contributed by atoms with E-state index in [9.17, 15) is 10.1 Å². The third-order valence-corrected chi connectivity index (χ3v) is 3.90. The molecule has 0 N–H and O–H groups in total. The van der Waals surface area contributed by atoms with Crippen LogP contribution in [-0.4, -0.2) is 49.4 Å². The first kappa shape index (κ1) is 28.4. The summed E-state index contributed by atoms with van der Waals surface area (Å²) in [5.41, 5.74) is -1.43. The number of aromatic nitrogens is 2. The number of benzene rings is 1. The zero-order chi connectivity index (χ0) is 22.7. The van der Waals surface area contributed by atoms with Gasteiger partial charge in [0.15, 0.2) is 5.82 Å². The summed E-state index contributed by atoms with van der Waals surface area (Å²) in [5.74, 6) is -0.520. The molecule has 0 saturated carbocycles. The van der Waals surface area contributed by atoms with E-state index in [-0.39, 0.29) is 36.4 Å². The molecule has 9 heteroatoms. The maximum absolute atomic E-state index is 12.5. The minimum atomic E-state index is -1.82. The minimum absolute atomic E-state index is 0. The van der Waals surface area contributed by atoms with Gasteiger partial charge in [-0.05, 0) is 5.56 Å². The van der Waals surface area contributed by atoms with Crippen molar-refractivity contribution in [3.8, 4) is 17.8 Å². The quantitative estimate of drug-likeness (QED) is 0.478. The van der Waals surface area contributed by atoms with Crippen molar-refractivity contribution in [3.05, 3.63) is 53.1 Å². The summed E-state index contributed by atoms with van der Waals surface area (Å²) in [5, 5.41) is 14.1. The molecule has 0 aliphatic carbocycles. The van der Waals surface area contributed by atoms with Crippen LogP contribution in [0.25, 0.3) is 5.32 Å². The van der Waals surface area contributed by atoms with E-state index < -0.39 is 11.4 Å². The zero-order valence-corrected chi connectivity index (χ0v) is 19.5. The van der Waals surface area contributed by atoms with Gasteiger partial charge in [-0.15, -0.1) is 12.1 Å². The summed E-state index contributed by atoms with van der Waals surface area (Å²) in [6, 6.07) is 12.9. The van der Waals surface area contributed by atoms with Crippen molar-refractivity contribution in [1.29, 1.82) is 5.26 Å².